The molecule has 0 bridgehead atoms. The van der Waals surface area contributed by atoms with E-state index in [1.165, 1.54) is 22.7 Å². The van der Waals surface area contributed by atoms with E-state index >= 15 is 0 Å². The molecule has 0 saturated carbocycles. The molecule has 0 aliphatic carbocycles. The number of hydrogen-bond acceptors (Lipinski definition) is 6. The van der Waals surface area contributed by atoms with Crippen LogP contribution in [-0.2, 0) is 4.79 Å². The smallest absolute Gasteiger partial charge is 0.280 e. The lowest BCUT2D eigenvalue weighted by Crippen LogP contribution is -2.27. The number of thioether (sulfide) groups is 1. The van der Waals surface area contributed by atoms with Crippen molar-refractivity contribution in [3.8, 4) is 11.3 Å². The highest BCUT2D eigenvalue weighted by atomic mass is 32.2. The number of nitro benzene ring substituents is 1. The summed E-state index contributed by atoms with van der Waals surface area (Å²) in [7, 11) is 0. The number of carbonyl (C=O) groups excluding carboxylic acids is 1. The molecule has 0 radical (unpaired) electrons. The van der Waals surface area contributed by atoms with E-state index in [-0.39, 0.29) is 11.6 Å². The maximum absolute atomic E-state index is 12.3. The van der Waals surface area contributed by atoms with Crippen LogP contribution in [0.3, 0.4) is 0 Å². The molecule has 132 valence electrons. The average molecular weight is 386 g/mol. The van der Waals surface area contributed by atoms with Crippen molar-refractivity contribution >= 4 is 46.0 Å². The molecule has 0 N–H and O–H groups in total. The van der Waals surface area contributed by atoms with E-state index in [2.05, 4.69) is 6.58 Å². The molecule has 1 aliphatic rings. The minimum Gasteiger partial charge on any atom is -0.456 e. The number of hydrogen-bond donors (Lipinski definition) is 0. The Morgan fingerprint density at radius 3 is 2.85 bits per heavy atom. The van der Waals surface area contributed by atoms with Gasteiger partial charge in [-0.1, -0.05) is 36.1 Å². The molecule has 1 aliphatic heterocycles. The second kappa shape index (κ2) is 7.27. The van der Waals surface area contributed by atoms with Crippen LogP contribution < -0.4 is 0 Å². The first-order valence-electron chi connectivity index (χ1n) is 7.62. The molecule has 1 aromatic heterocycles. The topological polar surface area (TPSA) is 76.6 Å². The molecule has 1 fully saturated rings. The standard InChI is InChI=1S/C18H14N2O4S2/c1-3-8-19-17(21)16(26-18(19)25)10-12-5-7-15(24-12)13-6-4-11(2)9-14(13)20(22)23/h3-7,9-10H,1,8H2,2H3/b16-10-. The molecule has 0 unspecified atom stereocenters. The lowest BCUT2D eigenvalue weighted by molar-refractivity contribution is -0.384. The minimum atomic E-state index is -0.440. The van der Waals surface area contributed by atoms with Crippen molar-refractivity contribution in [2.24, 2.45) is 0 Å². The second-order valence-electron chi connectivity index (χ2n) is 5.56. The van der Waals surface area contributed by atoms with Crippen LogP contribution in [0.2, 0.25) is 0 Å². The lowest BCUT2D eigenvalue weighted by Gasteiger charge is -2.10. The molecule has 3 rings (SSSR count). The maximum atomic E-state index is 12.3. The fraction of sp³-hybridized carbons (Fsp3) is 0.111. The fourth-order valence-corrected chi connectivity index (χ4v) is 3.75. The lowest BCUT2D eigenvalue weighted by atomic mass is 10.1. The zero-order valence-electron chi connectivity index (χ0n) is 13.8. The van der Waals surface area contributed by atoms with Crippen LogP contribution in [0.1, 0.15) is 11.3 Å². The van der Waals surface area contributed by atoms with Gasteiger partial charge in [0.2, 0.25) is 0 Å². The molecular weight excluding hydrogens is 372 g/mol. The third-order valence-corrected chi connectivity index (χ3v) is 5.08. The summed E-state index contributed by atoms with van der Waals surface area (Å²) in [5.41, 5.74) is 1.15. The summed E-state index contributed by atoms with van der Waals surface area (Å²) in [4.78, 5) is 25.1. The Morgan fingerprint density at radius 2 is 2.15 bits per heavy atom. The van der Waals surface area contributed by atoms with Crippen LogP contribution >= 0.6 is 24.0 Å². The first kappa shape index (κ1) is 18.1. The van der Waals surface area contributed by atoms with Gasteiger partial charge in [0.05, 0.1) is 15.4 Å². The SMILES string of the molecule is C=CCN1C(=O)/C(=C/c2ccc(-c3ccc(C)cc3[N+](=O)[O-])o2)SC1=S. The normalized spacial score (nSPS) is 15.7. The van der Waals surface area contributed by atoms with E-state index in [0.717, 1.165) is 5.56 Å². The summed E-state index contributed by atoms with van der Waals surface area (Å²) in [6.07, 6.45) is 3.20. The maximum Gasteiger partial charge on any atom is 0.280 e. The van der Waals surface area contributed by atoms with Gasteiger partial charge in [-0.25, -0.2) is 0 Å². The highest BCUT2D eigenvalue weighted by Gasteiger charge is 2.31. The van der Waals surface area contributed by atoms with Crippen molar-refractivity contribution in [3.63, 3.8) is 0 Å². The van der Waals surface area contributed by atoms with Gasteiger partial charge < -0.3 is 4.42 Å². The van der Waals surface area contributed by atoms with E-state index in [1.807, 2.05) is 0 Å². The van der Waals surface area contributed by atoms with Gasteiger partial charge in [-0.2, -0.15) is 0 Å². The Bertz CT molecular complexity index is 962. The van der Waals surface area contributed by atoms with E-state index in [1.54, 1.807) is 43.3 Å². The molecule has 26 heavy (non-hydrogen) atoms. The molecule has 0 atom stereocenters. The first-order valence-corrected chi connectivity index (χ1v) is 8.84. The van der Waals surface area contributed by atoms with Gasteiger partial charge in [0.25, 0.3) is 11.6 Å². The third kappa shape index (κ3) is 3.47. The fourth-order valence-electron chi connectivity index (χ4n) is 2.49. The van der Waals surface area contributed by atoms with Gasteiger partial charge in [0.1, 0.15) is 15.8 Å². The van der Waals surface area contributed by atoms with E-state index < -0.39 is 4.92 Å². The number of amides is 1. The summed E-state index contributed by atoms with van der Waals surface area (Å²) in [5, 5.41) is 11.3. The number of benzene rings is 1. The van der Waals surface area contributed by atoms with Crippen molar-refractivity contribution in [1.82, 2.24) is 4.90 Å². The summed E-state index contributed by atoms with van der Waals surface area (Å²) < 4.78 is 6.17. The zero-order valence-corrected chi connectivity index (χ0v) is 15.4. The Balaban J connectivity index is 1.92. The van der Waals surface area contributed by atoms with Crippen molar-refractivity contribution in [3.05, 3.63) is 69.3 Å². The van der Waals surface area contributed by atoms with Crippen LogP contribution in [0.15, 0.2) is 52.3 Å². The van der Waals surface area contributed by atoms with Crippen LogP contribution in [0.4, 0.5) is 5.69 Å². The summed E-state index contributed by atoms with van der Waals surface area (Å²) >= 11 is 6.37. The number of aryl methyl sites for hydroxylation is 1. The van der Waals surface area contributed by atoms with E-state index in [9.17, 15) is 14.9 Å². The molecule has 2 aromatic rings. The van der Waals surface area contributed by atoms with Gasteiger partial charge in [-0.3, -0.25) is 19.8 Å². The molecule has 1 saturated heterocycles. The van der Waals surface area contributed by atoms with Crippen LogP contribution in [0, 0.1) is 17.0 Å². The Kier molecular flexibility index (Phi) is 5.06. The van der Waals surface area contributed by atoms with Gasteiger partial charge in [0, 0.05) is 18.7 Å². The third-order valence-electron chi connectivity index (χ3n) is 3.70. The minimum absolute atomic E-state index is 0.0248. The van der Waals surface area contributed by atoms with Crippen molar-refractivity contribution in [2.45, 2.75) is 6.92 Å². The number of rotatable bonds is 5. The Labute approximate surface area is 159 Å². The van der Waals surface area contributed by atoms with Crippen molar-refractivity contribution in [1.29, 1.82) is 0 Å². The summed E-state index contributed by atoms with van der Waals surface area (Å²) in [6.45, 7) is 5.75. The van der Waals surface area contributed by atoms with Crippen LogP contribution in [0.25, 0.3) is 17.4 Å². The molecule has 2 heterocycles. The monoisotopic (exact) mass is 386 g/mol. The van der Waals surface area contributed by atoms with Crippen LogP contribution in [-0.4, -0.2) is 26.6 Å². The number of furan rings is 1. The molecule has 8 heteroatoms. The van der Waals surface area contributed by atoms with Crippen LogP contribution in [0.5, 0.6) is 0 Å². The molecular formula is C18H14N2O4S2. The van der Waals surface area contributed by atoms with Gasteiger partial charge in [-0.15, -0.1) is 6.58 Å². The first-order chi connectivity index (χ1) is 12.4. The predicted octanol–water partition coefficient (Wildman–Crippen LogP) is 4.55. The Hall–Kier alpha value is -2.71. The number of carbonyl (C=O) groups is 1. The van der Waals surface area contributed by atoms with Gasteiger partial charge in [-0.05, 0) is 30.7 Å². The van der Waals surface area contributed by atoms with Gasteiger partial charge in [0.15, 0.2) is 0 Å². The molecule has 1 aromatic carbocycles. The van der Waals surface area contributed by atoms with Crippen molar-refractivity contribution < 1.29 is 14.1 Å². The van der Waals surface area contributed by atoms with Gasteiger partial charge >= 0.3 is 0 Å². The Morgan fingerprint density at radius 1 is 1.38 bits per heavy atom. The second-order valence-corrected chi connectivity index (χ2v) is 7.24. The summed E-state index contributed by atoms with van der Waals surface area (Å²) in [5.74, 6) is 0.581. The highest BCUT2D eigenvalue weighted by molar-refractivity contribution is 8.26. The average Bonchev–Trinajstić information content (AvgIpc) is 3.15. The quantitative estimate of drug-likeness (QED) is 0.247. The van der Waals surface area contributed by atoms with Crippen molar-refractivity contribution in [2.75, 3.05) is 6.54 Å². The molecule has 1 amide bonds. The largest absolute Gasteiger partial charge is 0.456 e. The highest BCUT2D eigenvalue weighted by Crippen LogP contribution is 2.35. The van der Waals surface area contributed by atoms with E-state index in [0.29, 0.717) is 32.9 Å². The number of nitrogens with zero attached hydrogens (tertiary/aromatic N) is 2. The van der Waals surface area contributed by atoms with E-state index in [4.69, 9.17) is 16.6 Å². The zero-order chi connectivity index (χ0) is 18.8. The number of nitro groups is 1. The predicted molar refractivity (Wildman–Crippen MR) is 106 cm³/mol. The number of thiocarbonyl (C=S) groups is 1. The molecule has 0 spiro atoms. The summed E-state index contributed by atoms with van der Waals surface area (Å²) in [6, 6.07) is 8.25. The molecule has 6 nitrogen and oxygen atoms in total.